The molecule has 0 saturated heterocycles. The fraction of sp³-hybridized carbons (Fsp3) is 0.535. The maximum Gasteiger partial charge on any atom is 0.294 e. The van der Waals surface area contributed by atoms with Crippen LogP contribution in [-0.2, 0) is 64.8 Å². The van der Waals surface area contributed by atoms with Gasteiger partial charge in [-0.3, -0.25) is 9.35 Å². The third kappa shape index (κ3) is 9.19. The molecule has 3 aromatic carbocycles. The predicted molar refractivity (Wildman–Crippen MR) is 230 cm³/mol. The van der Waals surface area contributed by atoms with E-state index in [1.807, 2.05) is 0 Å². The van der Waals surface area contributed by atoms with Crippen LogP contribution in [0.1, 0.15) is 71.9 Å². The fourth-order valence-corrected chi connectivity index (χ4v) is 11.4. The molecule has 0 aliphatic carbocycles. The van der Waals surface area contributed by atoms with Gasteiger partial charge >= 0.3 is 0 Å². The minimum atomic E-state index is -4.74. The molecule has 1 amide bonds. The highest BCUT2D eigenvalue weighted by Crippen LogP contribution is 2.49. The molecule has 14 nitrogen and oxygen atoms in total. The van der Waals surface area contributed by atoms with E-state index in [0.717, 1.165) is 117 Å². The van der Waals surface area contributed by atoms with Gasteiger partial charge in [0.1, 0.15) is 24.6 Å². The lowest BCUT2D eigenvalue weighted by Gasteiger charge is -2.39. The SMILES string of the molecule is O=C(CBr)NCCCOCCOCCOCCCNS(=O)(=O)c1cc(S(=O)(=O)O)ccc1C1=c2cc3c4c(c2Oc2c1cc1c5c2CCCN5CCC1)CCC[N+]=4CCC3. The Morgan fingerprint density at radius 3 is 2.18 bits per heavy atom. The van der Waals surface area contributed by atoms with Gasteiger partial charge in [-0.15, -0.1) is 0 Å². The number of benzene rings is 3. The molecular formula is C43H54BrN4O10S2+. The summed E-state index contributed by atoms with van der Waals surface area (Å²) in [5, 5.41) is 5.08. The average molecular weight is 931 g/mol. The fourth-order valence-electron chi connectivity index (χ4n) is 9.35. The Morgan fingerprint density at radius 2 is 1.45 bits per heavy atom. The Hall–Kier alpha value is -3.42. The Kier molecular flexibility index (Phi) is 13.6. The third-order valence-electron chi connectivity index (χ3n) is 11.9. The van der Waals surface area contributed by atoms with Crippen LogP contribution >= 0.6 is 15.9 Å². The molecule has 17 heteroatoms. The highest BCUT2D eigenvalue weighted by molar-refractivity contribution is 9.09. The van der Waals surface area contributed by atoms with Gasteiger partial charge in [0.25, 0.3) is 10.1 Å². The van der Waals surface area contributed by atoms with Crippen molar-refractivity contribution in [3.05, 3.63) is 74.3 Å². The monoisotopic (exact) mass is 929 g/mol. The first-order valence-corrected chi connectivity index (χ1v) is 25.2. The Bertz CT molecular complexity index is 2490. The second kappa shape index (κ2) is 18.9. The van der Waals surface area contributed by atoms with Crippen LogP contribution in [-0.4, -0.2) is 112 Å². The average Bonchev–Trinajstić information content (AvgIpc) is 3.24. The number of nitrogens with one attached hydrogen (secondary N) is 2. The normalized spacial score (nSPS) is 16.7. The molecule has 0 spiro atoms. The maximum atomic E-state index is 14.4. The number of hydrogen-bond donors (Lipinski definition) is 3. The van der Waals surface area contributed by atoms with Gasteiger partial charge in [-0.1, -0.05) is 22.0 Å². The topological polar surface area (TPSA) is 173 Å². The van der Waals surface area contributed by atoms with Crippen molar-refractivity contribution in [1.29, 1.82) is 0 Å². The Balaban J connectivity index is 1.05. The van der Waals surface area contributed by atoms with Crippen LogP contribution < -0.4 is 34.8 Å². The Morgan fingerprint density at radius 1 is 0.783 bits per heavy atom. The number of fused-ring (bicyclic) bond motifs is 4. The summed E-state index contributed by atoms with van der Waals surface area (Å²) in [6.45, 7) is 6.80. The number of ether oxygens (including phenoxy) is 4. The number of nitrogens with zero attached hydrogens (tertiary/aromatic N) is 2. The van der Waals surface area contributed by atoms with E-state index in [9.17, 15) is 26.2 Å². The summed E-state index contributed by atoms with van der Waals surface area (Å²) in [6, 6.07) is 8.23. The summed E-state index contributed by atoms with van der Waals surface area (Å²) in [5.41, 5.74) is 7.82. The molecular weight excluding hydrogens is 877 g/mol. The van der Waals surface area contributed by atoms with Crippen molar-refractivity contribution in [3.8, 4) is 11.5 Å². The van der Waals surface area contributed by atoms with Gasteiger partial charge in [-0.05, 0) is 81.2 Å². The number of amides is 1. The van der Waals surface area contributed by atoms with Crippen LogP contribution in [0.15, 0.2) is 40.1 Å². The summed E-state index contributed by atoms with van der Waals surface area (Å²) < 4.78 is 93.2. The number of halogens is 1. The van der Waals surface area contributed by atoms with Crippen LogP contribution in [0, 0.1) is 0 Å². The molecule has 0 bridgehead atoms. The van der Waals surface area contributed by atoms with Gasteiger partial charge in [0.05, 0.1) is 47.1 Å². The molecule has 0 saturated carbocycles. The first-order valence-electron chi connectivity index (χ1n) is 21.2. The molecule has 3 N–H and O–H groups in total. The van der Waals surface area contributed by atoms with Crippen molar-refractivity contribution in [2.24, 2.45) is 0 Å². The molecule has 5 heterocycles. The standard InChI is InChI=1S/C43H53BrN4O10S2/c44-28-38(49)45-13-5-19-55-21-23-57-24-22-56-20-6-14-46-59(50,51)37-27-31(60(52,53)54)11-12-32(37)39-35-25-29-7-1-15-47-17-3-9-33(40(29)47)42(35)58-43-34-10-4-18-48-16-2-8-30(41(34)48)26-36(39)43/h11-12,25-27,46H,1-10,13-24,28H2,(H-,45,49,52,53,54)/p+1. The molecule has 8 rings (SSSR count). The quantitative estimate of drug-likeness (QED) is 0.0547. The molecule has 0 unspecified atom stereocenters. The lowest BCUT2D eigenvalue weighted by atomic mass is 9.82. The summed E-state index contributed by atoms with van der Waals surface area (Å²) in [4.78, 5) is 13.0. The number of carbonyl (C=O) groups excluding carboxylic acids is 1. The van der Waals surface area contributed by atoms with Crippen molar-refractivity contribution in [2.75, 3.05) is 89.1 Å². The van der Waals surface area contributed by atoms with Gasteiger partial charge in [0, 0.05) is 91.0 Å². The van der Waals surface area contributed by atoms with Crippen LogP contribution in [0.25, 0.3) is 5.57 Å². The number of aryl methyl sites for hydroxylation is 2. The van der Waals surface area contributed by atoms with Gasteiger partial charge in [-0.25, -0.2) is 17.7 Å². The van der Waals surface area contributed by atoms with Crippen LogP contribution in [0.4, 0.5) is 5.69 Å². The third-order valence-corrected chi connectivity index (χ3v) is 14.8. The molecule has 0 atom stereocenters. The van der Waals surface area contributed by atoms with Gasteiger partial charge in [-0.2, -0.15) is 8.42 Å². The van der Waals surface area contributed by atoms with E-state index in [-0.39, 0.29) is 29.3 Å². The minimum absolute atomic E-state index is 0.0370. The van der Waals surface area contributed by atoms with Crippen molar-refractivity contribution in [3.63, 3.8) is 0 Å². The lowest BCUT2D eigenvalue weighted by Crippen LogP contribution is -2.45. The largest absolute Gasteiger partial charge is 0.455 e. The molecule has 5 aliphatic heterocycles. The maximum absolute atomic E-state index is 14.4. The molecule has 0 radical (unpaired) electrons. The number of rotatable bonds is 19. The number of anilines is 1. The highest BCUT2D eigenvalue weighted by Gasteiger charge is 2.37. The van der Waals surface area contributed by atoms with E-state index in [0.29, 0.717) is 63.6 Å². The highest BCUT2D eigenvalue weighted by atomic mass is 79.9. The van der Waals surface area contributed by atoms with E-state index in [4.69, 9.17) is 18.9 Å². The second-order valence-corrected chi connectivity index (χ2v) is 19.6. The first kappa shape index (κ1) is 43.2. The number of carbonyl (C=O) groups is 1. The van der Waals surface area contributed by atoms with Crippen LogP contribution in [0.5, 0.6) is 11.5 Å². The smallest absolute Gasteiger partial charge is 0.294 e. The van der Waals surface area contributed by atoms with E-state index in [1.54, 1.807) is 0 Å². The van der Waals surface area contributed by atoms with Crippen molar-refractivity contribution in [2.45, 2.75) is 74.0 Å². The molecule has 0 aromatic heterocycles. The summed E-state index contributed by atoms with van der Waals surface area (Å²) in [7, 11) is -9.07. The van der Waals surface area contributed by atoms with Crippen molar-refractivity contribution >= 4 is 53.2 Å². The summed E-state index contributed by atoms with van der Waals surface area (Å²) >= 11 is 3.10. The van der Waals surface area contributed by atoms with Crippen LogP contribution in [0.3, 0.4) is 0 Å². The van der Waals surface area contributed by atoms with E-state index in [2.05, 4.69) is 47.6 Å². The number of alkyl halides is 1. The van der Waals surface area contributed by atoms with Crippen molar-refractivity contribution in [1.82, 2.24) is 14.6 Å². The number of hydrogen-bond acceptors (Lipinski definition) is 10. The zero-order chi connectivity index (χ0) is 41.9. The van der Waals surface area contributed by atoms with Gasteiger partial charge in [0.2, 0.25) is 21.3 Å². The molecule has 60 heavy (non-hydrogen) atoms. The molecule has 324 valence electrons. The van der Waals surface area contributed by atoms with E-state index < -0.39 is 25.0 Å². The Labute approximate surface area is 360 Å². The van der Waals surface area contributed by atoms with Crippen LogP contribution in [0.2, 0.25) is 0 Å². The van der Waals surface area contributed by atoms with E-state index >= 15 is 0 Å². The molecule has 3 aromatic rings. The zero-order valence-electron chi connectivity index (χ0n) is 33.9. The zero-order valence-corrected chi connectivity index (χ0v) is 37.1. The summed E-state index contributed by atoms with van der Waals surface area (Å²) in [5.74, 6) is 1.45. The van der Waals surface area contributed by atoms with E-state index in [1.165, 1.54) is 34.3 Å². The predicted octanol–water partition coefficient (Wildman–Crippen LogP) is 2.99. The lowest BCUT2D eigenvalue weighted by molar-refractivity contribution is -0.118. The number of sulfonamides is 1. The molecule has 5 aliphatic rings. The van der Waals surface area contributed by atoms with Crippen molar-refractivity contribution < 1.29 is 45.1 Å². The summed E-state index contributed by atoms with van der Waals surface area (Å²) in [6.07, 6.45) is 8.55. The molecule has 0 fully saturated rings. The minimum Gasteiger partial charge on any atom is -0.455 e. The van der Waals surface area contributed by atoms with Gasteiger partial charge in [0.15, 0.2) is 0 Å². The second-order valence-electron chi connectivity index (χ2n) is 15.9. The van der Waals surface area contributed by atoms with Gasteiger partial charge < -0.3 is 29.2 Å². The first-order chi connectivity index (χ1) is 29.0.